The fourth-order valence-electron chi connectivity index (χ4n) is 3.35. The van der Waals surface area contributed by atoms with E-state index in [2.05, 4.69) is 22.0 Å². The zero-order chi connectivity index (χ0) is 17.7. The number of hydrogen-bond donors (Lipinski definition) is 1. The summed E-state index contributed by atoms with van der Waals surface area (Å²) in [6.07, 6.45) is 3.32. The first-order valence-electron chi connectivity index (χ1n) is 9.77. The fraction of sp³-hybridized carbons (Fsp3) is 0.944. The third-order valence-electron chi connectivity index (χ3n) is 4.75. The average molecular weight is 484 g/mol. The molecule has 26 heavy (non-hydrogen) atoms. The van der Waals surface area contributed by atoms with Crippen LogP contribution in [0.1, 0.15) is 26.2 Å². The van der Waals surface area contributed by atoms with Gasteiger partial charge in [-0.1, -0.05) is 0 Å². The normalized spacial score (nSPS) is 21.7. The van der Waals surface area contributed by atoms with Crippen molar-refractivity contribution in [3.05, 3.63) is 0 Å². The zero-order valence-electron chi connectivity index (χ0n) is 16.5. The molecule has 1 atom stereocenters. The van der Waals surface area contributed by atoms with E-state index in [1.807, 2.05) is 0 Å². The number of halogens is 1. The predicted octanol–water partition coefficient (Wildman–Crippen LogP) is 1.42. The van der Waals surface area contributed by atoms with E-state index in [0.29, 0.717) is 19.3 Å². The molecular formula is C18H37IN4O3. The largest absolute Gasteiger partial charge is 0.382 e. The highest BCUT2D eigenvalue weighted by atomic mass is 127. The van der Waals surface area contributed by atoms with Gasteiger partial charge in [0.25, 0.3) is 0 Å². The van der Waals surface area contributed by atoms with Crippen molar-refractivity contribution in [2.75, 3.05) is 79.4 Å². The Bertz CT molecular complexity index is 381. The van der Waals surface area contributed by atoms with E-state index in [1.165, 1.54) is 6.42 Å². The van der Waals surface area contributed by atoms with Crippen LogP contribution in [0.25, 0.3) is 0 Å². The summed E-state index contributed by atoms with van der Waals surface area (Å²) in [6.45, 7) is 12.1. The van der Waals surface area contributed by atoms with Gasteiger partial charge in [0.2, 0.25) is 0 Å². The Morgan fingerprint density at radius 2 is 1.96 bits per heavy atom. The number of methoxy groups -OCH3 is 1. The Morgan fingerprint density at radius 3 is 2.69 bits per heavy atom. The molecule has 2 saturated heterocycles. The van der Waals surface area contributed by atoms with Gasteiger partial charge in [-0.25, -0.2) is 0 Å². The molecule has 0 aromatic heterocycles. The van der Waals surface area contributed by atoms with Crippen LogP contribution in [0.5, 0.6) is 0 Å². The molecule has 8 heteroatoms. The number of nitrogens with zero attached hydrogens (tertiary/aromatic N) is 3. The van der Waals surface area contributed by atoms with Crippen molar-refractivity contribution < 1.29 is 14.2 Å². The van der Waals surface area contributed by atoms with Gasteiger partial charge in [-0.15, -0.1) is 24.0 Å². The number of aliphatic imine (C=N–C) groups is 1. The monoisotopic (exact) mass is 484 g/mol. The van der Waals surface area contributed by atoms with Crippen LogP contribution in [0, 0.1) is 0 Å². The van der Waals surface area contributed by atoms with Crippen LogP contribution >= 0.6 is 24.0 Å². The van der Waals surface area contributed by atoms with Crippen molar-refractivity contribution in [3.63, 3.8) is 0 Å². The van der Waals surface area contributed by atoms with Gasteiger partial charge >= 0.3 is 0 Å². The van der Waals surface area contributed by atoms with E-state index >= 15 is 0 Å². The summed E-state index contributed by atoms with van der Waals surface area (Å²) < 4.78 is 15.9. The van der Waals surface area contributed by atoms with Crippen LogP contribution in [-0.2, 0) is 14.2 Å². The Balaban J connectivity index is 0.00000338. The lowest BCUT2D eigenvalue weighted by molar-refractivity contribution is 0.0195. The summed E-state index contributed by atoms with van der Waals surface area (Å²) in [4.78, 5) is 9.81. The highest BCUT2D eigenvalue weighted by molar-refractivity contribution is 14.0. The maximum absolute atomic E-state index is 5.49. The number of unbranched alkanes of at least 4 members (excludes halogenated alkanes) is 1. The molecule has 0 saturated carbocycles. The molecule has 0 spiro atoms. The molecule has 2 aliphatic rings. The molecular weight excluding hydrogens is 447 g/mol. The minimum atomic E-state index is 0. The molecule has 0 aromatic carbocycles. The summed E-state index contributed by atoms with van der Waals surface area (Å²) in [5.74, 6) is 1.07. The number of hydrogen-bond acceptors (Lipinski definition) is 5. The lowest BCUT2D eigenvalue weighted by atomic mass is 10.2. The van der Waals surface area contributed by atoms with Gasteiger partial charge in [-0.2, -0.15) is 0 Å². The lowest BCUT2D eigenvalue weighted by Gasteiger charge is -2.32. The molecule has 0 aromatic rings. The number of nitrogens with one attached hydrogen (secondary N) is 1. The molecule has 2 aliphatic heterocycles. The quantitative estimate of drug-likeness (QED) is 0.219. The van der Waals surface area contributed by atoms with Crippen LogP contribution < -0.4 is 5.32 Å². The molecule has 0 bridgehead atoms. The van der Waals surface area contributed by atoms with Gasteiger partial charge in [0.15, 0.2) is 5.96 Å². The third kappa shape index (κ3) is 8.69. The van der Waals surface area contributed by atoms with Crippen molar-refractivity contribution >= 4 is 29.9 Å². The second-order valence-electron chi connectivity index (χ2n) is 6.58. The summed E-state index contributed by atoms with van der Waals surface area (Å²) in [5.41, 5.74) is 0. The molecule has 0 aliphatic carbocycles. The lowest BCUT2D eigenvalue weighted by Crippen LogP contribution is -2.46. The summed E-state index contributed by atoms with van der Waals surface area (Å²) in [5, 5.41) is 3.45. The van der Waals surface area contributed by atoms with E-state index < -0.39 is 0 Å². The molecule has 1 N–H and O–H groups in total. The first-order valence-corrected chi connectivity index (χ1v) is 9.77. The van der Waals surface area contributed by atoms with E-state index in [0.717, 1.165) is 77.9 Å². The van der Waals surface area contributed by atoms with Gasteiger partial charge < -0.3 is 24.4 Å². The number of rotatable bonds is 10. The average Bonchev–Trinajstić information content (AvgIpc) is 3.14. The van der Waals surface area contributed by atoms with Gasteiger partial charge in [-0.05, 0) is 26.2 Å². The minimum Gasteiger partial charge on any atom is -0.382 e. The highest BCUT2D eigenvalue weighted by Crippen LogP contribution is 2.17. The van der Waals surface area contributed by atoms with Crippen molar-refractivity contribution in [2.45, 2.75) is 32.2 Å². The van der Waals surface area contributed by atoms with Gasteiger partial charge in [-0.3, -0.25) is 9.89 Å². The summed E-state index contributed by atoms with van der Waals surface area (Å²) in [6, 6.07) is 0.641. The molecule has 0 amide bonds. The summed E-state index contributed by atoms with van der Waals surface area (Å²) in [7, 11) is 1.70. The summed E-state index contributed by atoms with van der Waals surface area (Å²) >= 11 is 0. The van der Waals surface area contributed by atoms with E-state index in [9.17, 15) is 0 Å². The topological polar surface area (TPSA) is 58.6 Å². The Labute approximate surface area is 175 Å². The van der Waals surface area contributed by atoms with E-state index in [-0.39, 0.29) is 24.0 Å². The molecule has 0 radical (unpaired) electrons. The standard InChI is InChI=1S/C18H36N4O3.HI/c1-3-19-18(20-7-4-5-11-24-15-14-23-2)22-8-6-17(16-22)21-9-12-25-13-10-21;/h17H,3-16H2,1-2H3,(H,19,20);1H. The third-order valence-corrected chi connectivity index (χ3v) is 4.75. The molecule has 2 fully saturated rings. The minimum absolute atomic E-state index is 0. The van der Waals surface area contributed by atoms with Crippen molar-refractivity contribution in [1.82, 2.24) is 15.1 Å². The van der Waals surface area contributed by atoms with Gasteiger partial charge in [0.1, 0.15) is 0 Å². The van der Waals surface area contributed by atoms with Crippen molar-refractivity contribution in [2.24, 2.45) is 4.99 Å². The van der Waals surface area contributed by atoms with Crippen LogP contribution in [0.2, 0.25) is 0 Å². The van der Waals surface area contributed by atoms with Crippen molar-refractivity contribution in [3.8, 4) is 0 Å². The maximum Gasteiger partial charge on any atom is 0.193 e. The first-order chi connectivity index (χ1) is 12.3. The van der Waals surface area contributed by atoms with Crippen LogP contribution in [0.15, 0.2) is 4.99 Å². The Morgan fingerprint density at radius 1 is 1.15 bits per heavy atom. The fourth-order valence-corrected chi connectivity index (χ4v) is 3.35. The molecule has 154 valence electrons. The predicted molar refractivity (Wildman–Crippen MR) is 116 cm³/mol. The number of morpholine rings is 1. The highest BCUT2D eigenvalue weighted by Gasteiger charge is 2.30. The van der Waals surface area contributed by atoms with Crippen LogP contribution in [-0.4, -0.2) is 101 Å². The van der Waals surface area contributed by atoms with Crippen molar-refractivity contribution in [1.29, 1.82) is 0 Å². The molecule has 1 unspecified atom stereocenters. The first kappa shape index (κ1) is 23.9. The SMILES string of the molecule is CCNC(=NCCCCOCCOC)N1CCC(N2CCOCC2)C1.I. The number of ether oxygens (including phenoxy) is 3. The molecule has 2 heterocycles. The number of guanidine groups is 1. The van der Waals surface area contributed by atoms with E-state index in [1.54, 1.807) is 7.11 Å². The van der Waals surface area contributed by atoms with Gasteiger partial charge in [0, 0.05) is 59.0 Å². The Kier molecular flexibility index (Phi) is 13.6. The van der Waals surface area contributed by atoms with E-state index in [4.69, 9.17) is 19.2 Å². The molecule has 7 nitrogen and oxygen atoms in total. The second kappa shape index (κ2) is 14.8. The zero-order valence-corrected chi connectivity index (χ0v) is 18.8. The molecule has 2 rings (SSSR count). The second-order valence-corrected chi connectivity index (χ2v) is 6.58. The van der Waals surface area contributed by atoms with Crippen LogP contribution in [0.4, 0.5) is 0 Å². The maximum atomic E-state index is 5.49. The van der Waals surface area contributed by atoms with Gasteiger partial charge in [0.05, 0.1) is 26.4 Å². The van der Waals surface area contributed by atoms with Crippen LogP contribution in [0.3, 0.4) is 0 Å². The number of likely N-dealkylation sites (tertiary alicyclic amines) is 1. The smallest absolute Gasteiger partial charge is 0.193 e. The Hall–Kier alpha value is -0.160.